The molecule has 1 aromatic heterocycles. The van der Waals surface area contributed by atoms with Crippen molar-refractivity contribution >= 4 is 15.6 Å². The summed E-state index contributed by atoms with van der Waals surface area (Å²) in [7, 11) is -3.72. The summed E-state index contributed by atoms with van der Waals surface area (Å²) in [6.07, 6.45) is 10.4. The van der Waals surface area contributed by atoms with Crippen molar-refractivity contribution in [3.05, 3.63) is 54.2 Å². The molecule has 0 unspecified atom stereocenters. The summed E-state index contributed by atoms with van der Waals surface area (Å²) in [4.78, 5) is 17.1. The fourth-order valence-corrected chi connectivity index (χ4v) is 12.3. The van der Waals surface area contributed by atoms with Gasteiger partial charge < -0.3 is 14.9 Å². The van der Waals surface area contributed by atoms with E-state index in [1.54, 1.807) is 30.3 Å². The molecule has 4 aliphatic rings. The van der Waals surface area contributed by atoms with E-state index in [0.717, 1.165) is 32.1 Å². The number of aliphatic hydroxyl groups is 2. The zero-order valence-corrected chi connectivity index (χ0v) is 28.8. The molecule has 8 heteroatoms. The Morgan fingerprint density at radius 1 is 0.978 bits per heavy atom. The first-order valence-corrected chi connectivity index (χ1v) is 19.3. The zero-order chi connectivity index (χ0) is 32.9. The van der Waals surface area contributed by atoms with Crippen molar-refractivity contribution in [2.24, 2.45) is 52.3 Å². The van der Waals surface area contributed by atoms with Crippen molar-refractivity contribution in [1.29, 1.82) is 0 Å². The molecule has 252 valence electrons. The van der Waals surface area contributed by atoms with Crippen LogP contribution in [0.2, 0.25) is 0 Å². The van der Waals surface area contributed by atoms with E-state index in [4.69, 9.17) is 4.74 Å². The molecule has 0 bridgehead atoms. The maximum absolute atomic E-state index is 12.7. The minimum Gasteiger partial charge on any atom is -0.478 e. The second-order valence-corrected chi connectivity index (χ2v) is 17.6. The molecule has 0 spiro atoms. The van der Waals surface area contributed by atoms with Crippen molar-refractivity contribution in [2.45, 2.75) is 103 Å². The number of ketones is 1. The van der Waals surface area contributed by atoms with Gasteiger partial charge in [-0.2, -0.15) is 0 Å². The third-order valence-corrected chi connectivity index (χ3v) is 15.1. The summed E-state index contributed by atoms with van der Waals surface area (Å²) in [5.74, 6) is 2.49. The zero-order valence-electron chi connectivity index (χ0n) is 28.0. The van der Waals surface area contributed by atoms with Gasteiger partial charge in [-0.05, 0) is 122 Å². The molecule has 4 aliphatic carbocycles. The van der Waals surface area contributed by atoms with Crippen LogP contribution in [0.3, 0.4) is 0 Å². The van der Waals surface area contributed by atoms with Crippen molar-refractivity contribution < 1.29 is 28.2 Å². The quantitative estimate of drug-likeness (QED) is 0.273. The van der Waals surface area contributed by atoms with Crippen LogP contribution in [-0.4, -0.2) is 54.0 Å². The number of rotatable bonds is 10. The van der Waals surface area contributed by atoms with Gasteiger partial charge in [-0.15, -0.1) is 0 Å². The molecule has 4 saturated carbocycles. The van der Waals surface area contributed by atoms with Crippen molar-refractivity contribution in [3.8, 4) is 5.88 Å². The number of ether oxygens (including phenoxy) is 1. The minimum absolute atomic E-state index is 0.133. The van der Waals surface area contributed by atoms with Gasteiger partial charge in [0.25, 0.3) is 0 Å². The summed E-state index contributed by atoms with van der Waals surface area (Å²) in [5, 5.41) is 22.5. The number of aromatic nitrogens is 1. The average molecular weight is 652 g/mol. The summed E-state index contributed by atoms with van der Waals surface area (Å²) in [5.41, 5.74) is 0.671. The van der Waals surface area contributed by atoms with Crippen LogP contribution < -0.4 is 4.74 Å². The van der Waals surface area contributed by atoms with Crippen LogP contribution in [0.4, 0.5) is 0 Å². The number of carbonyl (C=O) groups is 1. The first kappa shape index (κ1) is 33.6. The van der Waals surface area contributed by atoms with E-state index >= 15 is 0 Å². The maximum Gasteiger partial charge on any atom is 0.213 e. The number of hydrogen-bond donors (Lipinski definition) is 2. The van der Waals surface area contributed by atoms with Crippen molar-refractivity contribution in [2.75, 3.05) is 12.4 Å². The van der Waals surface area contributed by atoms with E-state index in [1.165, 1.54) is 44.0 Å². The number of fused-ring (bicyclic) bond motifs is 5. The number of hydrogen-bond acceptors (Lipinski definition) is 7. The van der Waals surface area contributed by atoms with Gasteiger partial charge in [0.1, 0.15) is 5.75 Å². The highest BCUT2D eigenvalue weighted by atomic mass is 32.2. The molecule has 0 saturated heterocycles. The van der Waals surface area contributed by atoms with Gasteiger partial charge in [-0.1, -0.05) is 52.3 Å². The van der Waals surface area contributed by atoms with Crippen molar-refractivity contribution in [3.63, 3.8) is 0 Å². The molecule has 4 fully saturated rings. The lowest BCUT2D eigenvalue weighted by atomic mass is 9.41. The number of carbonyl (C=O) groups excluding carboxylic acids is 1. The van der Waals surface area contributed by atoms with Crippen LogP contribution in [0.25, 0.3) is 0 Å². The number of aliphatic hydroxyl groups excluding tert-OH is 2. The second-order valence-electron chi connectivity index (χ2n) is 15.6. The van der Waals surface area contributed by atoms with Crippen LogP contribution in [0.5, 0.6) is 5.88 Å². The highest BCUT2D eigenvalue weighted by Crippen LogP contribution is 2.69. The van der Waals surface area contributed by atoms with Crippen LogP contribution in [0.15, 0.2) is 53.6 Å². The van der Waals surface area contributed by atoms with Crippen molar-refractivity contribution in [1.82, 2.24) is 4.98 Å². The first-order valence-electron chi connectivity index (χ1n) is 17.6. The van der Waals surface area contributed by atoms with E-state index in [2.05, 4.69) is 32.7 Å². The summed E-state index contributed by atoms with van der Waals surface area (Å²) >= 11 is 0. The van der Waals surface area contributed by atoms with E-state index in [1.807, 2.05) is 0 Å². The molecule has 2 aromatic rings. The fraction of sp³-hybridized carbons (Fsp3) is 0.684. The largest absolute Gasteiger partial charge is 0.478 e. The molecule has 11 atom stereocenters. The number of Topliss-reactive ketones (excluding diaryl/α,β-unsaturated/α-hetero) is 1. The molecule has 46 heavy (non-hydrogen) atoms. The number of sulfone groups is 1. The van der Waals surface area contributed by atoms with E-state index in [-0.39, 0.29) is 39.4 Å². The molecule has 1 aromatic carbocycles. The number of benzene rings is 1. The molecule has 0 aliphatic heterocycles. The Morgan fingerprint density at radius 2 is 1.70 bits per heavy atom. The van der Waals surface area contributed by atoms with Gasteiger partial charge in [-0.25, -0.2) is 13.4 Å². The molecule has 7 nitrogen and oxygen atoms in total. The summed E-state index contributed by atoms with van der Waals surface area (Å²) in [6.45, 7) is 10.1. The highest BCUT2D eigenvalue weighted by Gasteiger charge is 2.64. The topological polar surface area (TPSA) is 114 Å². The van der Waals surface area contributed by atoms with Gasteiger partial charge in [0.05, 0.1) is 23.7 Å². The number of nitrogens with zero attached hydrogens (tertiary/aromatic N) is 1. The SMILES string of the molecule is CC[C@H]1[C@@H](O)[C@@H]2[C@H](CC[C@]3(C)[C@@H]([C@H](C)CCOc4ccc(C(=O)CS(=O)(=O)c5ccccc5)cn4)CC[C@@H]23)[C@@]2(C)CC[C@@H](O)C[C@@H]12. The Hall–Kier alpha value is -2.29. The third kappa shape index (κ3) is 5.96. The maximum atomic E-state index is 12.7. The summed E-state index contributed by atoms with van der Waals surface area (Å²) in [6, 6.07) is 11.2. The Morgan fingerprint density at radius 3 is 2.39 bits per heavy atom. The van der Waals surface area contributed by atoms with E-state index in [9.17, 15) is 23.4 Å². The lowest BCUT2D eigenvalue weighted by molar-refractivity contribution is -0.203. The van der Waals surface area contributed by atoms with Crippen LogP contribution in [-0.2, 0) is 9.84 Å². The molecular weight excluding hydrogens is 598 g/mol. The lowest BCUT2D eigenvalue weighted by Gasteiger charge is -2.64. The molecule has 6 rings (SSSR count). The smallest absolute Gasteiger partial charge is 0.213 e. The van der Waals surface area contributed by atoms with Crippen LogP contribution >= 0.6 is 0 Å². The first-order chi connectivity index (χ1) is 21.9. The standard InChI is InChI=1S/C38H53NO6S/c1-5-28-32-21-26(40)15-18-38(32,4)31-16-19-37(3)29(12-13-30(37)35(31)36(28)42)24(2)17-20-45-34-14-11-25(22-39-34)33(41)23-46(43,44)27-9-7-6-8-10-27/h6-11,14,22,24,26,28-32,35-36,40,42H,5,12-13,15-21,23H2,1-4H3/t24-,26-,28-,29-,30+,31+,32+,35+,36-,37-,38-/m1/s1. The predicted octanol–water partition coefficient (Wildman–Crippen LogP) is 6.77. The van der Waals surface area contributed by atoms with Gasteiger partial charge in [0.15, 0.2) is 15.6 Å². The molecular formula is C38H53NO6S. The normalized spacial score (nSPS) is 37.9. The second kappa shape index (κ2) is 13.0. The molecule has 0 amide bonds. The monoisotopic (exact) mass is 651 g/mol. The fourth-order valence-electron chi connectivity index (χ4n) is 11.1. The third-order valence-electron chi connectivity index (χ3n) is 13.5. The Kier molecular flexibility index (Phi) is 9.47. The Bertz CT molecular complexity index is 1480. The van der Waals surface area contributed by atoms with Gasteiger partial charge in [0, 0.05) is 17.8 Å². The molecule has 1 heterocycles. The lowest BCUT2D eigenvalue weighted by Crippen LogP contribution is -2.62. The average Bonchev–Trinajstić information content (AvgIpc) is 3.40. The van der Waals surface area contributed by atoms with E-state index < -0.39 is 21.4 Å². The Labute approximate surface area is 275 Å². The van der Waals surface area contributed by atoms with E-state index in [0.29, 0.717) is 48.0 Å². The van der Waals surface area contributed by atoms with Gasteiger partial charge >= 0.3 is 0 Å². The van der Waals surface area contributed by atoms with Crippen LogP contribution in [0, 0.1) is 52.3 Å². The highest BCUT2D eigenvalue weighted by molar-refractivity contribution is 7.92. The predicted molar refractivity (Wildman–Crippen MR) is 178 cm³/mol. The van der Waals surface area contributed by atoms with Crippen LogP contribution in [0.1, 0.15) is 95.8 Å². The Balaban J connectivity index is 1.06. The number of pyridine rings is 1. The van der Waals surface area contributed by atoms with Gasteiger partial charge in [-0.3, -0.25) is 4.79 Å². The summed E-state index contributed by atoms with van der Waals surface area (Å²) < 4.78 is 31.3. The molecule has 2 N–H and O–H groups in total. The molecule has 0 radical (unpaired) electrons. The van der Waals surface area contributed by atoms with Gasteiger partial charge in [0.2, 0.25) is 5.88 Å². The minimum atomic E-state index is -3.72.